The zero-order valence-electron chi connectivity index (χ0n) is 12.5. The molecule has 3 aromatic rings. The summed E-state index contributed by atoms with van der Waals surface area (Å²) in [5, 5.41) is 13.7. The summed E-state index contributed by atoms with van der Waals surface area (Å²) < 4.78 is 18.8. The van der Waals surface area contributed by atoms with Crippen LogP contribution in [0.15, 0.2) is 59.0 Å². The first kappa shape index (κ1) is 16.7. The number of carbonyl (C=O) groups is 1. The predicted octanol–water partition coefficient (Wildman–Crippen LogP) is 4.90. The molecule has 1 amide bonds. The molecular formula is C17H10ClFN2O4. The average molecular weight is 361 g/mol. The second kappa shape index (κ2) is 6.74. The monoisotopic (exact) mass is 360 g/mol. The molecule has 126 valence electrons. The third-order valence-electron chi connectivity index (χ3n) is 3.34. The van der Waals surface area contributed by atoms with E-state index in [1.807, 2.05) is 0 Å². The lowest BCUT2D eigenvalue weighted by atomic mass is 10.2. The molecule has 0 bridgehead atoms. The quantitative estimate of drug-likeness (QED) is 0.529. The second-order valence-corrected chi connectivity index (χ2v) is 5.49. The second-order valence-electron chi connectivity index (χ2n) is 5.05. The molecule has 2 aromatic carbocycles. The van der Waals surface area contributed by atoms with Gasteiger partial charge in [-0.3, -0.25) is 14.9 Å². The van der Waals surface area contributed by atoms with Gasteiger partial charge in [-0.05, 0) is 36.4 Å². The van der Waals surface area contributed by atoms with Crippen LogP contribution in [0.5, 0.6) is 0 Å². The average Bonchev–Trinajstić information content (AvgIpc) is 3.06. The number of hydrogen-bond acceptors (Lipinski definition) is 4. The maximum absolute atomic E-state index is 13.3. The minimum absolute atomic E-state index is 0.00181. The normalized spacial score (nSPS) is 10.5. The molecule has 1 aromatic heterocycles. The van der Waals surface area contributed by atoms with Crippen molar-refractivity contribution in [1.82, 2.24) is 0 Å². The summed E-state index contributed by atoms with van der Waals surface area (Å²) >= 11 is 5.92. The van der Waals surface area contributed by atoms with Crippen molar-refractivity contribution in [2.24, 2.45) is 0 Å². The number of rotatable bonds is 4. The van der Waals surface area contributed by atoms with E-state index < -0.39 is 22.3 Å². The number of anilines is 1. The number of hydrogen-bond donors (Lipinski definition) is 1. The van der Waals surface area contributed by atoms with Crippen LogP contribution >= 0.6 is 11.6 Å². The van der Waals surface area contributed by atoms with Crippen molar-refractivity contribution in [3.05, 3.63) is 81.3 Å². The lowest BCUT2D eigenvalue weighted by molar-refractivity contribution is -0.387. The van der Waals surface area contributed by atoms with E-state index in [4.69, 9.17) is 16.0 Å². The summed E-state index contributed by atoms with van der Waals surface area (Å²) in [6.45, 7) is 0. The first-order valence-electron chi connectivity index (χ1n) is 7.05. The molecule has 0 saturated carbocycles. The summed E-state index contributed by atoms with van der Waals surface area (Å²) in [4.78, 5) is 22.1. The van der Waals surface area contributed by atoms with Crippen molar-refractivity contribution in [3.63, 3.8) is 0 Å². The fraction of sp³-hybridized carbons (Fsp3) is 0. The van der Waals surface area contributed by atoms with Gasteiger partial charge < -0.3 is 9.73 Å². The molecule has 1 heterocycles. The van der Waals surface area contributed by atoms with Crippen molar-refractivity contribution in [1.29, 1.82) is 0 Å². The van der Waals surface area contributed by atoms with E-state index in [2.05, 4.69) is 5.32 Å². The van der Waals surface area contributed by atoms with Crippen LogP contribution in [0.3, 0.4) is 0 Å². The topological polar surface area (TPSA) is 85.4 Å². The standard InChI is InChI=1S/C17H10ClFN2O4/c18-11-3-1-2-10(8-11)15-6-7-16(25-15)17(22)20-12-4-5-13(19)14(9-12)21(23)24/h1-9H,(H,20,22). The number of amides is 1. The summed E-state index contributed by atoms with van der Waals surface area (Å²) in [5.74, 6) is -1.15. The van der Waals surface area contributed by atoms with Crippen LogP contribution in [0, 0.1) is 15.9 Å². The number of benzene rings is 2. The van der Waals surface area contributed by atoms with Gasteiger partial charge in [-0.1, -0.05) is 23.7 Å². The molecule has 0 aliphatic rings. The highest BCUT2D eigenvalue weighted by molar-refractivity contribution is 6.30. The van der Waals surface area contributed by atoms with Crippen LogP contribution in [0.25, 0.3) is 11.3 Å². The smallest absolute Gasteiger partial charge is 0.306 e. The Hall–Kier alpha value is -3.19. The van der Waals surface area contributed by atoms with Gasteiger partial charge in [0.1, 0.15) is 5.76 Å². The number of carbonyl (C=O) groups excluding carboxylic acids is 1. The Balaban J connectivity index is 1.81. The Morgan fingerprint density at radius 1 is 1.16 bits per heavy atom. The molecule has 0 unspecified atom stereocenters. The minimum Gasteiger partial charge on any atom is -0.451 e. The molecule has 6 nitrogen and oxygen atoms in total. The van der Waals surface area contributed by atoms with Crippen LogP contribution in [0.1, 0.15) is 10.6 Å². The summed E-state index contributed by atoms with van der Waals surface area (Å²) in [6.07, 6.45) is 0. The van der Waals surface area contributed by atoms with E-state index in [0.717, 1.165) is 12.1 Å². The Morgan fingerprint density at radius 2 is 1.96 bits per heavy atom. The van der Waals surface area contributed by atoms with E-state index in [-0.39, 0.29) is 11.4 Å². The highest BCUT2D eigenvalue weighted by Gasteiger charge is 2.17. The first-order valence-corrected chi connectivity index (χ1v) is 7.43. The molecule has 1 N–H and O–H groups in total. The molecule has 0 aliphatic carbocycles. The zero-order chi connectivity index (χ0) is 18.0. The number of halogens is 2. The van der Waals surface area contributed by atoms with Gasteiger partial charge in [0, 0.05) is 22.3 Å². The van der Waals surface area contributed by atoms with Crippen LogP contribution < -0.4 is 5.32 Å². The fourth-order valence-electron chi connectivity index (χ4n) is 2.18. The summed E-state index contributed by atoms with van der Waals surface area (Å²) in [6, 6.07) is 13.1. The van der Waals surface area contributed by atoms with Crippen molar-refractivity contribution >= 4 is 28.9 Å². The third kappa shape index (κ3) is 3.67. The van der Waals surface area contributed by atoms with Gasteiger partial charge >= 0.3 is 5.69 Å². The largest absolute Gasteiger partial charge is 0.451 e. The number of furan rings is 1. The van der Waals surface area contributed by atoms with Gasteiger partial charge in [0.25, 0.3) is 5.91 Å². The molecule has 0 fully saturated rings. The number of nitrogens with one attached hydrogen (secondary N) is 1. The van der Waals surface area contributed by atoms with Crippen molar-refractivity contribution in [3.8, 4) is 11.3 Å². The van der Waals surface area contributed by atoms with Crippen LogP contribution in [0.2, 0.25) is 5.02 Å². The molecule has 0 aliphatic heterocycles. The summed E-state index contributed by atoms with van der Waals surface area (Å²) in [5.41, 5.74) is 0.0552. The molecule has 0 spiro atoms. The number of nitrogens with zero attached hydrogens (tertiary/aromatic N) is 1. The van der Waals surface area contributed by atoms with E-state index in [9.17, 15) is 19.3 Å². The Bertz CT molecular complexity index is 971. The van der Waals surface area contributed by atoms with Crippen LogP contribution in [-0.2, 0) is 0 Å². The third-order valence-corrected chi connectivity index (χ3v) is 3.57. The Kier molecular flexibility index (Phi) is 4.49. The van der Waals surface area contributed by atoms with E-state index in [0.29, 0.717) is 16.3 Å². The molecule has 3 rings (SSSR count). The van der Waals surface area contributed by atoms with Crippen molar-refractivity contribution in [2.75, 3.05) is 5.32 Å². The molecule has 0 saturated heterocycles. The Morgan fingerprint density at radius 3 is 2.68 bits per heavy atom. The SMILES string of the molecule is O=C(Nc1ccc(F)c([N+](=O)[O-])c1)c1ccc(-c2cccc(Cl)c2)o1. The molecule has 25 heavy (non-hydrogen) atoms. The van der Waals surface area contributed by atoms with Gasteiger partial charge in [-0.2, -0.15) is 4.39 Å². The highest BCUT2D eigenvalue weighted by Crippen LogP contribution is 2.26. The lowest BCUT2D eigenvalue weighted by Crippen LogP contribution is -2.11. The van der Waals surface area contributed by atoms with E-state index in [1.54, 1.807) is 30.3 Å². The minimum atomic E-state index is -0.982. The maximum atomic E-state index is 13.3. The van der Waals surface area contributed by atoms with Gasteiger partial charge in [0.05, 0.1) is 4.92 Å². The maximum Gasteiger partial charge on any atom is 0.306 e. The molecular weight excluding hydrogens is 351 g/mol. The van der Waals surface area contributed by atoms with Gasteiger partial charge in [0.15, 0.2) is 5.76 Å². The number of nitro groups is 1. The highest BCUT2D eigenvalue weighted by atomic mass is 35.5. The zero-order valence-corrected chi connectivity index (χ0v) is 13.3. The lowest BCUT2D eigenvalue weighted by Gasteiger charge is -2.03. The predicted molar refractivity (Wildman–Crippen MR) is 90.2 cm³/mol. The number of nitro benzene ring substituents is 1. The van der Waals surface area contributed by atoms with E-state index in [1.165, 1.54) is 12.1 Å². The van der Waals surface area contributed by atoms with Crippen molar-refractivity contribution in [2.45, 2.75) is 0 Å². The molecule has 8 heteroatoms. The van der Waals surface area contributed by atoms with Crippen molar-refractivity contribution < 1.29 is 18.5 Å². The fourth-order valence-corrected chi connectivity index (χ4v) is 2.37. The van der Waals surface area contributed by atoms with Gasteiger partial charge in [0.2, 0.25) is 5.82 Å². The Labute approximate surface area is 146 Å². The van der Waals surface area contributed by atoms with Crippen LogP contribution in [-0.4, -0.2) is 10.8 Å². The summed E-state index contributed by atoms with van der Waals surface area (Å²) in [7, 11) is 0. The van der Waals surface area contributed by atoms with Gasteiger partial charge in [-0.15, -0.1) is 0 Å². The van der Waals surface area contributed by atoms with E-state index >= 15 is 0 Å². The van der Waals surface area contributed by atoms with Crippen LogP contribution in [0.4, 0.5) is 15.8 Å². The first-order chi connectivity index (χ1) is 11.9. The molecule has 0 atom stereocenters. The molecule has 0 radical (unpaired) electrons. The van der Waals surface area contributed by atoms with Gasteiger partial charge in [-0.25, -0.2) is 0 Å².